The van der Waals surface area contributed by atoms with Gasteiger partial charge in [0.25, 0.3) is 0 Å². The molecular weight excluding hydrogens is 204 g/mol. The summed E-state index contributed by atoms with van der Waals surface area (Å²) in [5.41, 5.74) is 12.0. The summed E-state index contributed by atoms with van der Waals surface area (Å²) < 4.78 is 5.44. The monoisotopic (exact) mass is 216 g/mol. The van der Waals surface area contributed by atoms with Gasteiger partial charge >= 0.3 is 0 Å². The zero-order valence-corrected chi connectivity index (χ0v) is 8.63. The molecule has 0 radical (unpaired) electrons. The van der Waals surface area contributed by atoms with Gasteiger partial charge < -0.3 is 16.2 Å². The smallest absolute Gasteiger partial charge is 0.225 e. The first-order valence-electron chi connectivity index (χ1n) is 4.81. The van der Waals surface area contributed by atoms with Crippen molar-refractivity contribution in [2.24, 2.45) is 0 Å². The van der Waals surface area contributed by atoms with E-state index in [-0.39, 0.29) is 5.95 Å². The molecule has 0 amide bonds. The van der Waals surface area contributed by atoms with E-state index in [0.29, 0.717) is 18.3 Å². The van der Waals surface area contributed by atoms with Crippen molar-refractivity contribution in [3.05, 3.63) is 42.0 Å². The van der Waals surface area contributed by atoms with Gasteiger partial charge in [-0.3, -0.25) is 0 Å². The van der Waals surface area contributed by atoms with E-state index in [9.17, 15) is 0 Å². The molecule has 0 spiro atoms. The van der Waals surface area contributed by atoms with E-state index in [0.717, 1.165) is 5.56 Å². The first-order chi connectivity index (χ1) is 7.74. The van der Waals surface area contributed by atoms with Gasteiger partial charge in [-0.05, 0) is 5.56 Å². The molecule has 16 heavy (non-hydrogen) atoms. The lowest BCUT2D eigenvalue weighted by molar-refractivity contribution is 0.294. The molecule has 0 saturated heterocycles. The molecule has 2 rings (SSSR count). The van der Waals surface area contributed by atoms with Crippen molar-refractivity contribution in [2.45, 2.75) is 6.61 Å². The predicted molar refractivity (Wildman–Crippen MR) is 61.6 cm³/mol. The minimum Gasteiger partial charge on any atom is -0.473 e. The third-order valence-electron chi connectivity index (χ3n) is 1.97. The number of ether oxygens (including phenoxy) is 1. The van der Waals surface area contributed by atoms with Crippen LogP contribution >= 0.6 is 0 Å². The van der Waals surface area contributed by atoms with Gasteiger partial charge in [0.1, 0.15) is 12.4 Å². The Morgan fingerprint density at radius 2 is 1.81 bits per heavy atom. The van der Waals surface area contributed by atoms with Gasteiger partial charge in [0.05, 0.1) is 0 Å². The van der Waals surface area contributed by atoms with Crippen LogP contribution in [0.15, 0.2) is 36.4 Å². The van der Waals surface area contributed by atoms with Gasteiger partial charge in [0.15, 0.2) is 0 Å². The fourth-order valence-electron chi connectivity index (χ4n) is 1.27. The molecule has 0 saturated carbocycles. The predicted octanol–water partition coefficient (Wildman–Crippen LogP) is 1.22. The summed E-state index contributed by atoms with van der Waals surface area (Å²) in [7, 11) is 0. The molecule has 0 aliphatic heterocycles. The van der Waals surface area contributed by atoms with Crippen LogP contribution in [0, 0.1) is 0 Å². The topological polar surface area (TPSA) is 87.0 Å². The van der Waals surface area contributed by atoms with Crippen LogP contribution in [0.4, 0.5) is 11.8 Å². The van der Waals surface area contributed by atoms with Crippen molar-refractivity contribution in [3.63, 3.8) is 0 Å². The molecule has 0 aliphatic carbocycles. The van der Waals surface area contributed by atoms with Crippen molar-refractivity contribution < 1.29 is 4.74 Å². The Hall–Kier alpha value is -2.30. The van der Waals surface area contributed by atoms with E-state index in [1.54, 1.807) is 6.07 Å². The SMILES string of the molecule is Nc1cc(OCc2ccccc2)nc(N)n1. The standard InChI is InChI=1S/C11H12N4O/c12-9-6-10(15-11(13)14-9)16-7-8-4-2-1-3-5-8/h1-6H,7H2,(H4,12,13,14,15). The summed E-state index contributed by atoms with van der Waals surface area (Å²) in [5, 5.41) is 0. The van der Waals surface area contributed by atoms with E-state index >= 15 is 0 Å². The highest BCUT2D eigenvalue weighted by atomic mass is 16.5. The third-order valence-corrected chi connectivity index (χ3v) is 1.97. The van der Waals surface area contributed by atoms with Crippen molar-refractivity contribution in [2.75, 3.05) is 11.5 Å². The second-order valence-corrected chi connectivity index (χ2v) is 3.26. The van der Waals surface area contributed by atoms with Crippen LogP contribution in [0.5, 0.6) is 5.88 Å². The average molecular weight is 216 g/mol. The lowest BCUT2D eigenvalue weighted by Crippen LogP contribution is -2.03. The van der Waals surface area contributed by atoms with Crippen molar-refractivity contribution in [1.29, 1.82) is 0 Å². The number of rotatable bonds is 3. The number of hydrogen-bond donors (Lipinski definition) is 2. The third kappa shape index (κ3) is 2.60. The van der Waals surface area contributed by atoms with Crippen LogP contribution in [0.1, 0.15) is 5.56 Å². The van der Waals surface area contributed by atoms with E-state index in [1.165, 1.54) is 0 Å². The van der Waals surface area contributed by atoms with Crippen LogP contribution in [0.3, 0.4) is 0 Å². The molecule has 5 heteroatoms. The first kappa shape index (κ1) is 10.2. The maximum absolute atomic E-state index is 5.52. The van der Waals surface area contributed by atoms with Crippen LogP contribution in [-0.4, -0.2) is 9.97 Å². The van der Waals surface area contributed by atoms with Crippen molar-refractivity contribution in [1.82, 2.24) is 9.97 Å². The fraction of sp³-hybridized carbons (Fsp3) is 0.0909. The minimum absolute atomic E-state index is 0.114. The summed E-state index contributed by atoms with van der Waals surface area (Å²) in [6.07, 6.45) is 0. The molecule has 0 aliphatic rings. The number of benzene rings is 1. The van der Waals surface area contributed by atoms with Gasteiger partial charge in [-0.2, -0.15) is 9.97 Å². The molecule has 1 aromatic heterocycles. The highest BCUT2D eigenvalue weighted by molar-refractivity contribution is 5.38. The maximum atomic E-state index is 5.52. The quantitative estimate of drug-likeness (QED) is 0.805. The van der Waals surface area contributed by atoms with Crippen LogP contribution in [-0.2, 0) is 6.61 Å². The Morgan fingerprint density at radius 3 is 2.50 bits per heavy atom. The molecule has 0 atom stereocenters. The highest BCUT2D eigenvalue weighted by Crippen LogP contribution is 2.13. The van der Waals surface area contributed by atoms with Gasteiger partial charge in [0.2, 0.25) is 11.8 Å². The van der Waals surface area contributed by atoms with Gasteiger partial charge in [0, 0.05) is 6.07 Å². The Morgan fingerprint density at radius 1 is 1.06 bits per heavy atom. The number of anilines is 2. The Kier molecular flexibility index (Phi) is 2.86. The summed E-state index contributed by atoms with van der Waals surface area (Å²) >= 11 is 0. The zero-order valence-electron chi connectivity index (χ0n) is 8.63. The second-order valence-electron chi connectivity index (χ2n) is 3.26. The molecule has 82 valence electrons. The molecule has 0 fully saturated rings. The molecule has 0 unspecified atom stereocenters. The summed E-state index contributed by atoms with van der Waals surface area (Å²) in [5.74, 6) is 0.799. The van der Waals surface area contributed by atoms with E-state index in [1.807, 2.05) is 30.3 Å². The van der Waals surface area contributed by atoms with E-state index in [2.05, 4.69) is 9.97 Å². The molecule has 2 aromatic rings. The zero-order chi connectivity index (χ0) is 11.4. The van der Waals surface area contributed by atoms with Gasteiger partial charge in [-0.15, -0.1) is 0 Å². The number of aromatic nitrogens is 2. The Bertz CT molecular complexity index is 452. The molecule has 1 heterocycles. The normalized spacial score (nSPS) is 10.0. The summed E-state index contributed by atoms with van der Waals surface area (Å²) in [4.78, 5) is 7.67. The van der Waals surface area contributed by atoms with Crippen LogP contribution in [0.25, 0.3) is 0 Å². The van der Waals surface area contributed by atoms with Gasteiger partial charge in [-0.25, -0.2) is 0 Å². The molecule has 4 N–H and O–H groups in total. The van der Waals surface area contributed by atoms with Crippen LogP contribution in [0.2, 0.25) is 0 Å². The number of nitrogens with two attached hydrogens (primary N) is 2. The summed E-state index contributed by atoms with van der Waals surface area (Å²) in [6.45, 7) is 0.427. The van der Waals surface area contributed by atoms with E-state index in [4.69, 9.17) is 16.2 Å². The highest BCUT2D eigenvalue weighted by Gasteiger charge is 2.00. The lowest BCUT2D eigenvalue weighted by Gasteiger charge is -2.06. The van der Waals surface area contributed by atoms with Gasteiger partial charge in [-0.1, -0.05) is 30.3 Å². The Labute approximate surface area is 93.1 Å². The average Bonchev–Trinajstić information content (AvgIpc) is 2.27. The van der Waals surface area contributed by atoms with E-state index < -0.39 is 0 Å². The molecule has 1 aromatic carbocycles. The first-order valence-corrected chi connectivity index (χ1v) is 4.81. The number of hydrogen-bond acceptors (Lipinski definition) is 5. The molecular formula is C11H12N4O. The largest absolute Gasteiger partial charge is 0.473 e. The second kappa shape index (κ2) is 4.48. The van der Waals surface area contributed by atoms with Crippen molar-refractivity contribution >= 4 is 11.8 Å². The fourth-order valence-corrected chi connectivity index (χ4v) is 1.27. The minimum atomic E-state index is 0.114. The lowest BCUT2D eigenvalue weighted by atomic mass is 10.2. The van der Waals surface area contributed by atoms with Crippen LogP contribution < -0.4 is 16.2 Å². The number of nitrogens with zero attached hydrogens (tertiary/aromatic N) is 2. The Balaban J connectivity index is 2.05. The summed E-state index contributed by atoms with van der Waals surface area (Å²) in [6, 6.07) is 11.3. The molecule has 0 bridgehead atoms. The van der Waals surface area contributed by atoms with Crippen molar-refractivity contribution in [3.8, 4) is 5.88 Å². The number of nitrogen functional groups attached to an aromatic ring is 2. The molecule has 5 nitrogen and oxygen atoms in total. The maximum Gasteiger partial charge on any atom is 0.225 e.